The number of anilines is 1. The molecule has 1 aliphatic rings. The van der Waals surface area contributed by atoms with Crippen molar-refractivity contribution in [3.63, 3.8) is 0 Å². The van der Waals surface area contributed by atoms with Gasteiger partial charge in [0.2, 0.25) is 10.0 Å². The molecule has 1 heterocycles. The second-order valence-corrected chi connectivity index (χ2v) is 7.01. The zero-order chi connectivity index (χ0) is 15.6. The molecule has 1 aliphatic heterocycles. The Balaban J connectivity index is 2.17. The van der Waals surface area contributed by atoms with Crippen LogP contribution in [0.2, 0.25) is 0 Å². The molecule has 9 heteroatoms. The SMILES string of the molecule is CS(=O)(=O)N1CCCC(Nc2ccc(F)cc2[N+](=O)[O-])C1. The third-order valence-electron chi connectivity index (χ3n) is 3.37. The fourth-order valence-electron chi connectivity index (χ4n) is 2.36. The molecular weight excluding hydrogens is 301 g/mol. The van der Waals surface area contributed by atoms with Gasteiger partial charge in [-0.05, 0) is 25.0 Å². The predicted octanol–water partition coefficient (Wildman–Crippen LogP) is 1.57. The van der Waals surface area contributed by atoms with Crippen LogP contribution in [-0.2, 0) is 10.0 Å². The predicted molar refractivity (Wildman–Crippen MR) is 76.1 cm³/mol. The van der Waals surface area contributed by atoms with Crippen molar-refractivity contribution in [3.05, 3.63) is 34.1 Å². The number of hydrogen-bond donors (Lipinski definition) is 1. The maximum absolute atomic E-state index is 13.1. The lowest BCUT2D eigenvalue weighted by atomic mass is 10.1. The van der Waals surface area contributed by atoms with Gasteiger partial charge < -0.3 is 5.32 Å². The van der Waals surface area contributed by atoms with Crippen LogP contribution >= 0.6 is 0 Å². The Labute approximate surface area is 122 Å². The van der Waals surface area contributed by atoms with Crippen molar-refractivity contribution in [2.45, 2.75) is 18.9 Å². The van der Waals surface area contributed by atoms with Crippen LogP contribution in [0.1, 0.15) is 12.8 Å². The van der Waals surface area contributed by atoms with E-state index in [9.17, 15) is 22.9 Å². The van der Waals surface area contributed by atoms with Crippen molar-refractivity contribution in [3.8, 4) is 0 Å². The summed E-state index contributed by atoms with van der Waals surface area (Å²) in [7, 11) is -3.28. The van der Waals surface area contributed by atoms with E-state index in [0.29, 0.717) is 19.4 Å². The van der Waals surface area contributed by atoms with Gasteiger partial charge in [0, 0.05) is 19.1 Å². The molecule has 1 fully saturated rings. The number of nitro groups is 1. The molecule has 2 rings (SSSR count). The van der Waals surface area contributed by atoms with Crippen molar-refractivity contribution < 1.29 is 17.7 Å². The van der Waals surface area contributed by atoms with Gasteiger partial charge in [0.15, 0.2) is 0 Å². The van der Waals surface area contributed by atoms with Gasteiger partial charge in [-0.1, -0.05) is 0 Å². The van der Waals surface area contributed by atoms with Gasteiger partial charge in [-0.3, -0.25) is 10.1 Å². The quantitative estimate of drug-likeness (QED) is 0.672. The molecule has 7 nitrogen and oxygen atoms in total. The number of halogens is 1. The number of nitrogens with zero attached hydrogens (tertiary/aromatic N) is 2. The Bertz CT molecular complexity index is 650. The molecule has 0 spiro atoms. The Morgan fingerprint density at radius 2 is 2.19 bits per heavy atom. The van der Waals surface area contributed by atoms with E-state index in [2.05, 4.69) is 5.32 Å². The van der Waals surface area contributed by atoms with Gasteiger partial charge in [0.1, 0.15) is 11.5 Å². The van der Waals surface area contributed by atoms with Gasteiger partial charge in [-0.25, -0.2) is 17.1 Å². The molecular formula is C12H16FN3O4S. The first-order valence-electron chi connectivity index (χ1n) is 6.43. The molecule has 0 aromatic heterocycles. The summed E-state index contributed by atoms with van der Waals surface area (Å²) >= 11 is 0. The first-order chi connectivity index (χ1) is 9.77. The van der Waals surface area contributed by atoms with Gasteiger partial charge in [-0.15, -0.1) is 0 Å². The van der Waals surface area contributed by atoms with E-state index in [1.165, 1.54) is 10.4 Å². The summed E-state index contributed by atoms with van der Waals surface area (Å²) in [6.45, 7) is 0.690. The summed E-state index contributed by atoms with van der Waals surface area (Å²) in [5.41, 5.74) is -0.159. The van der Waals surface area contributed by atoms with Gasteiger partial charge in [0.05, 0.1) is 17.2 Å². The van der Waals surface area contributed by atoms with Crippen LogP contribution in [0.3, 0.4) is 0 Å². The highest BCUT2D eigenvalue weighted by Crippen LogP contribution is 2.27. The summed E-state index contributed by atoms with van der Waals surface area (Å²) < 4.78 is 37.5. The second-order valence-electron chi connectivity index (χ2n) is 5.02. The van der Waals surface area contributed by atoms with E-state index < -0.39 is 20.8 Å². The minimum absolute atomic E-state index is 0.196. The minimum atomic E-state index is -3.28. The summed E-state index contributed by atoms with van der Waals surface area (Å²) in [5.74, 6) is -0.686. The monoisotopic (exact) mass is 317 g/mol. The summed E-state index contributed by atoms with van der Waals surface area (Å²) in [5, 5.41) is 13.9. The van der Waals surface area contributed by atoms with Crippen molar-refractivity contribution in [1.82, 2.24) is 4.31 Å². The number of sulfonamides is 1. The number of benzene rings is 1. The summed E-state index contributed by atoms with van der Waals surface area (Å²) in [6, 6.07) is 3.04. The lowest BCUT2D eigenvalue weighted by Crippen LogP contribution is -2.44. The standard InChI is InChI=1S/C12H16FN3O4S/c1-21(19,20)15-6-2-3-10(8-15)14-11-5-4-9(13)7-12(11)16(17)18/h4-5,7,10,14H,2-3,6,8H2,1H3. The molecule has 0 saturated carbocycles. The van der Waals surface area contributed by atoms with Crippen LogP contribution in [0.4, 0.5) is 15.8 Å². The number of hydrogen-bond acceptors (Lipinski definition) is 5. The Morgan fingerprint density at radius 1 is 1.48 bits per heavy atom. The fourth-order valence-corrected chi connectivity index (χ4v) is 3.27. The van der Waals surface area contributed by atoms with Crippen molar-refractivity contribution in [1.29, 1.82) is 0 Å². The third kappa shape index (κ3) is 3.88. The van der Waals surface area contributed by atoms with E-state index in [1.54, 1.807) is 0 Å². The number of nitrogens with one attached hydrogen (secondary N) is 1. The molecule has 1 saturated heterocycles. The van der Waals surface area contributed by atoms with Crippen LogP contribution in [0.5, 0.6) is 0 Å². The maximum Gasteiger partial charge on any atom is 0.295 e. The van der Waals surface area contributed by atoms with E-state index in [0.717, 1.165) is 18.4 Å². The number of piperidine rings is 1. The Morgan fingerprint density at radius 3 is 2.81 bits per heavy atom. The molecule has 1 N–H and O–H groups in total. The lowest BCUT2D eigenvalue weighted by molar-refractivity contribution is -0.384. The second kappa shape index (κ2) is 5.94. The van der Waals surface area contributed by atoms with E-state index in [-0.39, 0.29) is 24.0 Å². The maximum atomic E-state index is 13.1. The molecule has 1 aromatic rings. The van der Waals surface area contributed by atoms with E-state index >= 15 is 0 Å². The van der Waals surface area contributed by atoms with Crippen LogP contribution < -0.4 is 5.32 Å². The van der Waals surface area contributed by atoms with Crippen LogP contribution in [0.15, 0.2) is 18.2 Å². The smallest absolute Gasteiger partial charge is 0.295 e. The average Bonchev–Trinajstić information content (AvgIpc) is 2.40. The zero-order valence-electron chi connectivity index (χ0n) is 11.5. The van der Waals surface area contributed by atoms with E-state index in [1.807, 2.05) is 0 Å². The summed E-state index contributed by atoms with van der Waals surface area (Å²) in [6.07, 6.45) is 2.50. The Kier molecular flexibility index (Phi) is 4.43. The summed E-state index contributed by atoms with van der Waals surface area (Å²) in [4.78, 5) is 10.3. The Hall–Kier alpha value is -1.74. The van der Waals surface area contributed by atoms with Crippen molar-refractivity contribution in [2.24, 2.45) is 0 Å². The highest BCUT2D eigenvalue weighted by molar-refractivity contribution is 7.88. The number of rotatable bonds is 4. The fraction of sp³-hybridized carbons (Fsp3) is 0.500. The molecule has 0 radical (unpaired) electrons. The normalized spacial score (nSPS) is 20.2. The van der Waals surface area contributed by atoms with Crippen molar-refractivity contribution >= 4 is 21.4 Å². The van der Waals surface area contributed by atoms with Gasteiger partial charge in [0.25, 0.3) is 5.69 Å². The molecule has 1 atom stereocenters. The van der Waals surface area contributed by atoms with Crippen molar-refractivity contribution in [2.75, 3.05) is 24.7 Å². The zero-order valence-corrected chi connectivity index (χ0v) is 12.3. The molecule has 0 bridgehead atoms. The molecule has 1 unspecified atom stereocenters. The molecule has 21 heavy (non-hydrogen) atoms. The van der Waals surface area contributed by atoms with Crippen LogP contribution in [-0.4, -0.2) is 43.0 Å². The number of nitro benzene ring substituents is 1. The average molecular weight is 317 g/mol. The molecule has 0 amide bonds. The molecule has 0 aliphatic carbocycles. The first-order valence-corrected chi connectivity index (χ1v) is 8.28. The van der Waals surface area contributed by atoms with Crippen LogP contribution in [0.25, 0.3) is 0 Å². The topological polar surface area (TPSA) is 92.6 Å². The highest BCUT2D eigenvalue weighted by atomic mass is 32.2. The highest BCUT2D eigenvalue weighted by Gasteiger charge is 2.27. The third-order valence-corrected chi connectivity index (χ3v) is 4.64. The van der Waals surface area contributed by atoms with Gasteiger partial charge >= 0.3 is 0 Å². The van der Waals surface area contributed by atoms with Gasteiger partial charge in [-0.2, -0.15) is 0 Å². The molecule has 116 valence electrons. The molecule has 1 aromatic carbocycles. The minimum Gasteiger partial charge on any atom is -0.375 e. The lowest BCUT2D eigenvalue weighted by Gasteiger charge is -2.31. The van der Waals surface area contributed by atoms with E-state index in [4.69, 9.17) is 0 Å². The largest absolute Gasteiger partial charge is 0.375 e. The van der Waals surface area contributed by atoms with Crippen LogP contribution in [0, 0.1) is 15.9 Å². The first kappa shape index (κ1) is 15.6.